The first-order valence-corrected chi connectivity index (χ1v) is 6.80. The summed E-state index contributed by atoms with van der Waals surface area (Å²) in [6, 6.07) is 14.9. The quantitative estimate of drug-likeness (QED) is 0.725. The molecular weight excluding hydrogens is 248 g/mol. The first-order valence-electron chi connectivity index (χ1n) is 6.80. The Kier molecular flexibility index (Phi) is 4.31. The molecule has 0 saturated carbocycles. The van der Waals surface area contributed by atoms with Crippen molar-refractivity contribution in [2.75, 3.05) is 0 Å². The van der Waals surface area contributed by atoms with E-state index in [1.165, 1.54) is 0 Å². The van der Waals surface area contributed by atoms with E-state index in [1.807, 2.05) is 63.2 Å². The molecule has 1 N–H and O–H groups in total. The maximum Gasteiger partial charge on any atom is 0.190 e. The van der Waals surface area contributed by atoms with Gasteiger partial charge < -0.3 is 4.98 Å². The van der Waals surface area contributed by atoms with Crippen LogP contribution < -0.4 is 5.43 Å². The highest BCUT2D eigenvalue weighted by atomic mass is 16.1. The van der Waals surface area contributed by atoms with Crippen LogP contribution in [0.25, 0.3) is 22.3 Å². The van der Waals surface area contributed by atoms with Crippen molar-refractivity contribution < 1.29 is 0 Å². The zero-order chi connectivity index (χ0) is 14.5. The molecule has 0 fully saturated rings. The largest absolute Gasteiger partial charge is 0.353 e. The molecule has 3 rings (SSSR count). The topological polar surface area (TPSA) is 45.8 Å². The summed E-state index contributed by atoms with van der Waals surface area (Å²) in [5, 5.41) is 0.703. The monoisotopic (exact) mass is 266 g/mol. The minimum Gasteiger partial charge on any atom is -0.353 e. The Morgan fingerprint density at radius 1 is 1.00 bits per heavy atom. The fourth-order valence-corrected chi connectivity index (χ4v) is 2.03. The van der Waals surface area contributed by atoms with Crippen molar-refractivity contribution >= 4 is 10.9 Å². The predicted octanol–water partition coefficient (Wildman–Crippen LogP) is 3.92. The summed E-state index contributed by atoms with van der Waals surface area (Å²) < 4.78 is 0. The number of nitrogens with zero attached hydrogens (tertiary/aromatic N) is 1. The van der Waals surface area contributed by atoms with E-state index in [-0.39, 0.29) is 5.43 Å². The Hall–Kier alpha value is -2.42. The van der Waals surface area contributed by atoms with E-state index in [0.29, 0.717) is 5.39 Å². The van der Waals surface area contributed by atoms with Gasteiger partial charge in [0.15, 0.2) is 5.43 Å². The van der Waals surface area contributed by atoms with Gasteiger partial charge in [0.2, 0.25) is 0 Å². The maximum absolute atomic E-state index is 12.0. The van der Waals surface area contributed by atoms with Gasteiger partial charge in [-0.15, -0.1) is 0 Å². The normalized spacial score (nSPS) is 9.95. The minimum absolute atomic E-state index is 0.0163. The molecule has 0 bridgehead atoms. The van der Waals surface area contributed by atoms with Crippen LogP contribution in [-0.4, -0.2) is 9.97 Å². The molecule has 102 valence electrons. The van der Waals surface area contributed by atoms with E-state index < -0.39 is 0 Å². The molecular formula is C17H18N2O. The second-order valence-electron chi connectivity index (χ2n) is 4.26. The average molecular weight is 266 g/mol. The van der Waals surface area contributed by atoms with Crippen molar-refractivity contribution in [2.24, 2.45) is 0 Å². The van der Waals surface area contributed by atoms with E-state index in [2.05, 4.69) is 9.97 Å². The fourth-order valence-electron chi connectivity index (χ4n) is 2.03. The summed E-state index contributed by atoms with van der Waals surface area (Å²) in [7, 11) is 0. The number of para-hydroxylation sites is 1. The van der Waals surface area contributed by atoms with E-state index in [1.54, 1.807) is 6.07 Å². The van der Waals surface area contributed by atoms with Crippen molar-refractivity contribution in [3.63, 3.8) is 0 Å². The standard InChI is InChI=1S/C15H12N2O.C2H6/c1-10-5-4-8-13(16-10)14-9-15(18)11-6-2-3-7-12(11)17-14;1-2/h2-9H,1H3,(H,17,18);1-2H3. The van der Waals surface area contributed by atoms with Crippen LogP contribution >= 0.6 is 0 Å². The van der Waals surface area contributed by atoms with Crippen LogP contribution in [0.4, 0.5) is 0 Å². The van der Waals surface area contributed by atoms with Gasteiger partial charge in [0.1, 0.15) is 0 Å². The third-order valence-corrected chi connectivity index (χ3v) is 2.90. The number of pyridine rings is 2. The number of aromatic amines is 1. The van der Waals surface area contributed by atoms with Crippen LogP contribution in [0.3, 0.4) is 0 Å². The third-order valence-electron chi connectivity index (χ3n) is 2.90. The highest BCUT2D eigenvalue weighted by Gasteiger charge is 2.04. The van der Waals surface area contributed by atoms with Gasteiger partial charge in [0.25, 0.3) is 0 Å². The average Bonchev–Trinajstić information content (AvgIpc) is 2.49. The lowest BCUT2D eigenvalue weighted by Gasteiger charge is -2.04. The SMILES string of the molecule is CC.Cc1cccc(-c2cc(=O)c3ccccc3[nH]2)n1. The van der Waals surface area contributed by atoms with Gasteiger partial charge in [-0.25, -0.2) is 0 Å². The molecule has 0 aliphatic carbocycles. The van der Waals surface area contributed by atoms with E-state index in [9.17, 15) is 4.79 Å². The van der Waals surface area contributed by atoms with E-state index in [0.717, 1.165) is 22.6 Å². The van der Waals surface area contributed by atoms with Gasteiger partial charge in [-0.2, -0.15) is 0 Å². The number of hydrogen-bond acceptors (Lipinski definition) is 2. The molecule has 0 aliphatic rings. The maximum atomic E-state index is 12.0. The van der Waals surface area contributed by atoms with Gasteiger partial charge in [-0.1, -0.05) is 32.0 Å². The molecule has 3 heteroatoms. The number of rotatable bonds is 1. The zero-order valence-corrected chi connectivity index (χ0v) is 12.0. The number of hydrogen-bond donors (Lipinski definition) is 1. The summed E-state index contributed by atoms with van der Waals surface area (Å²) in [5.41, 5.74) is 3.33. The second kappa shape index (κ2) is 6.15. The van der Waals surface area contributed by atoms with E-state index in [4.69, 9.17) is 0 Å². The predicted molar refractivity (Wildman–Crippen MR) is 83.9 cm³/mol. The molecule has 1 aromatic carbocycles. The number of nitrogens with one attached hydrogen (secondary N) is 1. The molecule has 0 saturated heterocycles. The van der Waals surface area contributed by atoms with Gasteiger partial charge >= 0.3 is 0 Å². The van der Waals surface area contributed by atoms with Crippen LogP contribution in [0.2, 0.25) is 0 Å². The highest BCUT2D eigenvalue weighted by molar-refractivity contribution is 5.80. The van der Waals surface area contributed by atoms with Gasteiger partial charge in [0, 0.05) is 22.7 Å². The minimum atomic E-state index is 0.0163. The Morgan fingerprint density at radius 2 is 1.75 bits per heavy atom. The summed E-state index contributed by atoms with van der Waals surface area (Å²) in [4.78, 5) is 19.7. The lowest BCUT2D eigenvalue weighted by molar-refractivity contribution is 1.18. The lowest BCUT2D eigenvalue weighted by Crippen LogP contribution is -2.03. The van der Waals surface area contributed by atoms with Crippen molar-refractivity contribution in [2.45, 2.75) is 20.8 Å². The molecule has 20 heavy (non-hydrogen) atoms. The summed E-state index contributed by atoms with van der Waals surface area (Å²) in [6.45, 7) is 5.93. The Bertz CT molecular complexity index is 775. The Morgan fingerprint density at radius 3 is 2.50 bits per heavy atom. The molecule has 0 spiro atoms. The fraction of sp³-hybridized carbons (Fsp3) is 0.176. The number of benzene rings is 1. The number of aryl methyl sites for hydroxylation is 1. The van der Waals surface area contributed by atoms with Crippen LogP contribution in [0.5, 0.6) is 0 Å². The molecule has 3 nitrogen and oxygen atoms in total. The zero-order valence-electron chi connectivity index (χ0n) is 12.0. The van der Waals surface area contributed by atoms with Crippen LogP contribution in [0, 0.1) is 6.92 Å². The smallest absolute Gasteiger partial charge is 0.190 e. The van der Waals surface area contributed by atoms with Crippen molar-refractivity contribution in [3.8, 4) is 11.4 Å². The molecule has 2 heterocycles. The van der Waals surface area contributed by atoms with E-state index >= 15 is 0 Å². The van der Waals surface area contributed by atoms with Crippen molar-refractivity contribution in [1.29, 1.82) is 0 Å². The van der Waals surface area contributed by atoms with Crippen LogP contribution in [0.1, 0.15) is 19.5 Å². The molecule has 3 aromatic rings. The van der Waals surface area contributed by atoms with Crippen molar-refractivity contribution in [1.82, 2.24) is 9.97 Å². The molecule has 0 atom stereocenters. The summed E-state index contributed by atoms with van der Waals surface area (Å²) in [5.74, 6) is 0. The Balaban J connectivity index is 0.000000704. The van der Waals surface area contributed by atoms with Gasteiger partial charge in [0.05, 0.1) is 11.4 Å². The van der Waals surface area contributed by atoms with Crippen LogP contribution in [0.15, 0.2) is 53.3 Å². The molecule has 0 amide bonds. The molecule has 0 aliphatic heterocycles. The Labute approximate surface area is 118 Å². The second-order valence-corrected chi connectivity index (χ2v) is 4.26. The van der Waals surface area contributed by atoms with Gasteiger partial charge in [-0.3, -0.25) is 9.78 Å². The highest BCUT2D eigenvalue weighted by Crippen LogP contribution is 2.16. The third kappa shape index (κ3) is 2.77. The number of H-pyrrole nitrogens is 1. The summed E-state index contributed by atoms with van der Waals surface area (Å²) in [6.07, 6.45) is 0. The first kappa shape index (κ1) is 14.0. The summed E-state index contributed by atoms with van der Waals surface area (Å²) >= 11 is 0. The van der Waals surface area contributed by atoms with Gasteiger partial charge in [-0.05, 0) is 31.2 Å². The number of fused-ring (bicyclic) bond motifs is 1. The molecule has 0 radical (unpaired) electrons. The molecule has 2 aromatic heterocycles. The molecule has 0 unspecified atom stereocenters. The van der Waals surface area contributed by atoms with Crippen LogP contribution in [-0.2, 0) is 0 Å². The number of aromatic nitrogens is 2. The van der Waals surface area contributed by atoms with Crippen molar-refractivity contribution in [3.05, 3.63) is 64.4 Å². The lowest BCUT2D eigenvalue weighted by atomic mass is 10.1. The first-order chi connectivity index (χ1) is 9.74.